The smallest absolute Gasteiger partial charge is 0.264 e. The number of hydrogen-bond acceptors (Lipinski definition) is 4. The molecule has 1 heterocycles. The highest BCUT2D eigenvalue weighted by molar-refractivity contribution is 9.10. The summed E-state index contributed by atoms with van der Waals surface area (Å²) in [4.78, 5) is 17.4. The van der Waals surface area contributed by atoms with Crippen molar-refractivity contribution in [2.45, 2.75) is 45.4 Å². The summed E-state index contributed by atoms with van der Waals surface area (Å²) in [5, 5.41) is 3.41. The van der Waals surface area contributed by atoms with E-state index in [-0.39, 0.29) is 5.91 Å². The Labute approximate surface area is 191 Å². The fourth-order valence-corrected chi connectivity index (χ4v) is 4.26. The zero-order chi connectivity index (χ0) is 21.2. The van der Waals surface area contributed by atoms with Crippen LogP contribution in [0.2, 0.25) is 0 Å². The Balaban J connectivity index is 1.51. The van der Waals surface area contributed by atoms with Crippen LogP contribution in [-0.4, -0.2) is 17.7 Å². The van der Waals surface area contributed by atoms with E-state index in [1.54, 1.807) is 0 Å². The van der Waals surface area contributed by atoms with Gasteiger partial charge in [0.1, 0.15) is 5.75 Å². The molecule has 6 heteroatoms. The van der Waals surface area contributed by atoms with E-state index in [4.69, 9.17) is 4.74 Å². The molecule has 158 valence electrons. The first kappa shape index (κ1) is 22.6. The molecule has 0 atom stereocenters. The van der Waals surface area contributed by atoms with Gasteiger partial charge in [-0.05, 0) is 60.2 Å². The fourth-order valence-electron chi connectivity index (χ4n) is 3.03. The number of rotatable bonds is 10. The van der Waals surface area contributed by atoms with Gasteiger partial charge in [-0.25, -0.2) is 4.99 Å². The molecule has 0 unspecified atom stereocenters. The van der Waals surface area contributed by atoms with Crippen molar-refractivity contribution in [1.29, 1.82) is 0 Å². The summed E-state index contributed by atoms with van der Waals surface area (Å²) in [7, 11) is 0. The number of nitrogens with one attached hydrogen (secondary N) is 1. The second-order valence-corrected chi connectivity index (χ2v) is 9.09. The number of carbonyl (C=O) groups is 1. The van der Waals surface area contributed by atoms with Crippen LogP contribution in [0.25, 0.3) is 6.08 Å². The average Bonchev–Trinajstić information content (AvgIpc) is 3.07. The lowest BCUT2D eigenvalue weighted by Gasteiger charge is -2.06. The van der Waals surface area contributed by atoms with Crippen LogP contribution in [0.15, 0.2) is 62.9 Å². The SMILES string of the molecule is CCCCCCCCOc1ccc(/C=C2\SC(=Nc3cccc(Br)c3)NC2=O)cc1. The third kappa shape index (κ3) is 7.33. The Morgan fingerprint density at radius 2 is 1.83 bits per heavy atom. The molecule has 1 fully saturated rings. The minimum atomic E-state index is -0.128. The number of amidine groups is 1. The lowest BCUT2D eigenvalue weighted by molar-refractivity contribution is -0.115. The average molecular weight is 487 g/mol. The van der Waals surface area contributed by atoms with Crippen LogP contribution in [0, 0.1) is 0 Å². The van der Waals surface area contributed by atoms with Crippen molar-refractivity contribution in [3.8, 4) is 5.75 Å². The second kappa shape index (κ2) is 12.0. The number of thioether (sulfide) groups is 1. The van der Waals surface area contributed by atoms with Crippen LogP contribution >= 0.6 is 27.7 Å². The van der Waals surface area contributed by atoms with Crippen LogP contribution in [-0.2, 0) is 4.79 Å². The van der Waals surface area contributed by atoms with E-state index >= 15 is 0 Å². The molecule has 3 rings (SSSR count). The zero-order valence-electron chi connectivity index (χ0n) is 17.2. The van der Waals surface area contributed by atoms with Gasteiger partial charge >= 0.3 is 0 Å². The van der Waals surface area contributed by atoms with Gasteiger partial charge < -0.3 is 10.1 Å². The number of hydrogen-bond donors (Lipinski definition) is 1. The number of ether oxygens (including phenoxy) is 1. The van der Waals surface area contributed by atoms with E-state index in [0.717, 1.165) is 34.5 Å². The molecule has 4 nitrogen and oxygen atoms in total. The summed E-state index contributed by atoms with van der Waals surface area (Å²) >= 11 is 4.78. The number of amides is 1. The molecule has 0 aromatic heterocycles. The van der Waals surface area contributed by atoms with Crippen molar-refractivity contribution in [3.05, 3.63) is 63.5 Å². The van der Waals surface area contributed by atoms with Crippen molar-refractivity contribution in [3.63, 3.8) is 0 Å². The third-order valence-corrected chi connectivity index (χ3v) is 6.04. The maximum Gasteiger partial charge on any atom is 0.264 e. The molecule has 1 amide bonds. The van der Waals surface area contributed by atoms with Crippen LogP contribution in [0.3, 0.4) is 0 Å². The molecule has 1 aliphatic rings. The molecular formula is C24H27BrN2O2S. The number of carbonyl (C=O) groups excluding carboxylic acids is 1. The van der Waals surface area contributed by atoms with E-state index in [9.17, 15) is 4.79 Å². The molecule has 0 bridgehead atoms. The summed E-state index contributed by atoms with van der Waals surface area (Å²) in [6, 6.07) is 15.5. The van der Waals surface area contributed by atoms with Gasteiger partial charge in [-0.2, -0.15) is 0 Å². The quantitative estimate of drug-likeness (QED) is 0.288. The summed E-state index contributed by atoms with van der Waals surface area (Å²) in [5.74, 6) is 0.739. The summed E-state index contributed by atoms with van der Waals surface area (Å²) in [6.07, 6.45) is 9.40. The van der Waals surface area contributed by atoms with E-state index in [1.807, 2.05) is 54.6 Å². The topological polar surface area (TPSA) is 50.7 Å². The largest absolute Gasteiger partial charge is 0.494 e. The summed E-state index contributed by atoms with van der Waals surface area (Å²) < 4.78 is 6.78. The second-order valence-electron chi connectivity index (χ2n) is 7.15. The Morgan fingerprint density at radius 3 is 2.60 bits per heavy atom. The van der Waals surface area contributed by atoms with Gasteiger partial charge in [-0.1, -0.05) is 73.2 Å². The van der Waals surface area contributed by atoms with Crippen LogP contribution in [0.5, 0.6) is 5.75 Å². The minimum Gasteiger partial charge on any atom is -0.494 e. The number of halogens is 1. The predicted octanol–water partition coefficient (Wildman–Crippen LogP) is 7.08. The van der Waals surface area contributed by atoms with Crippen molar-refractivity contribution in [1.82, 2.24) is 5.32 Å². The van der Waals surface area contributed by atoms with Gasteiger partial charge in [0.25, 0.3) is 5.91 Å². The summed E-state index contributed by atoms with van der Waals surface area (Å²) in [5.41, 5.74) is 1.75. The first-order chi connectivity index (χ1) is 14.6. The molecule has 30 heavy (non-hydrogen) atoms. The van der Waals surface area contributed by atoms with Crippen molar-refractivity contribution < 1.29 is 9.53 Å². The van der Waals surface area contributed by atoms with Crippen molar-refractivity contribution in [2.24, 2.45) is 4.99 Å². The molecule has 2 aromatic rings. The highest BCUT2D eigenvalue weighted by Crippen LogP contribution is 2.29. The first-order valence-electron chi connectivity index (χ1n) is 10.4. The predicted molar refractivity (Wildman–Crippen MR) is 130 cm³/mol. The van der Waals surface area contributed by atoms with Gasteiger partial charge in [0.15, 0.2) is 5.17 Å². The molecule has 0 saturated carbocycles. The van der Waals surface area contributed by atoms with Gasteiger partial charge in [0.05, 0.1) is 17.2 Å². The molecule has 1 aliphatic heterocycles. The lowest BCUT2D eigenvalue weighted by atomic mass is 10.1. The van der Waals surface area contributed by atoms with Crippen LogP contribution < -0.4 is 10.1 Å². The van der Waals surface area contributed by atoms with Gasteiger partial charge in [-0.15, -0.1) is 0 Å². The first-order valence-corrected chi connectivity index (χ1v) is 12.0. The maximum atomic E-state index is 12.3. The number of nitrogens with zero attached hydrogens (tertiary/aromatic N) is 1. The molecular weight excluding hydrogens is 460 g/mol. The molecule has 0 spiro atoms. The number of unbranched alkanes of at least 4 members (excludes halogenated alkanes) is 5. The fraction of sp³-hybridized carbons (Fsp3) is 0.333. The third-order valence-electron chi connectivity index (χ3n) is 4.63. The van der Waals surface area contributed by atoms with E-state index < -0.39 is 0 Å². The van der Waals surface area contributed by atoms with Crippen molar-refractivity contribution in [2.75, 3.05) is 6.61 Å². The van der Waals surface area contributed by atoms with E-state index in [0.29, 0.717) is 10.1 Å². The normalized spacial score (nSPS) is 16.3. The highest BCUT2D eigenvalue weighted by atomic mass is 79.9. The zero-order valence-corrected chi connectivity index (χ0v) is 19.6. The lowest BCUT2D eigenvalue weighted by Crippen LogP contribution is -2.19. The number of aliphatic imine (C=N–C) groups is 1. The molecule has 0 aliphatic carbocycles. The van der Waals surface area contributed by atoms with Gasteiger partial charge in [-0.3, -0.25) is 4.79 Å². The Kier molecular flexibility index (Phi) is 9.02. The van der Waals surface area contributed by atoms with Crippen LogP contribution in [0.1, 0.15) is 51.0 Å². The van der Waals surface area contributed by atoms with E-state index in [1.165, 1.54) is 43.9 Å². The summed E-state index contributed by atoms with van der Waals surface area (Å²) in [6.45, 7) is 2.98. The minimum absolute atomic E-state index is 0.128. The highest BCUT2D eigenvalue weighted by Gasteiger charge is 2.23. The number of benzene rings is 2. The molecule has 2 aromatic carbocycles. The Morgan fingerprint density at radius 1 is 1.07 bits per heavy atom. The molecule has 0 radical (unpaired) electrons. The van der Waals surface area contributed by atoms with E-state index in [2.05, 4.69) is 33.2 Å². The Bertz CT molecular complexity index is 910. The molecule has 1 saturated heterocycles. The standard InChI is InChI=1S/C24H27BrN2O2S/c1-2-3-4-5-6-7-15-29-21-13-11-18(12-14-21)16-22-23(28)27-24(30-22)26-20-10-8-9-19(25)17-20/h8-14,16-17H,2-7,15H2,1H3,(H,26,27,28)/b22-16-. The molecule has 1 N–H and O–H groups in total. The van der Waals surface area contributed by atoms with Crippen LogP contribution in [0.4, 0.5) is 5.69 Å². The Hall–Kier alpha value is -2.05. The van der Waals surface area contributed by atoms with Gasteiger partial charge in [0, 0.05) is 4.47 Å². The maximum absolute atomic E-state index is 12.3. The monoisotopic (exact) mass is 486 g/mol. The van der Waals surface area contributed by atoms with Crippen molar-refractivity contribution >= 4 is 50.5 Å². The van der Waals surface area contributed by atoms with Gasteiger partial charge in [0.2, 0.25) is 0 Å².